The summed E-state index contributed by atoms with van der Waals surface area (Å²) in [6.45, 7) is 2.91. The molecule has 144 valence electrons. The minimum absolute atomic E-state index is 0. The third kappa shape index (κ3) is 6.84. The molecule has 8 N–H and O–H groups in total. The molecule has 0 aromatic heterocycles. The van der Waals surface area contributed by atoms with E-state index in [4.69, 9.17) is 0 Å². The highest BCUT2D eigenvalue weighted by atomic mass is 35.5. The third-order valence-electron chi connectivity index (χ3n) is 3.78. The largest absolute Gasteiger partial charge is 1.00 e. The predicted octanol–water partition coefficient (Wildman–Crippen LogP) is -5.74. The summed E-state index contributed by atoms with van der Waals surface area (Å²) in [5, 5.41) is 4.29. The van der Waals surface area contributed by atoms with Crippen molar-refractivity contribution in [3.05, 3.63) is 71.7 Å². The van der Waals surface area contributed by atoms with Crippen LogP contribution >= 0.6 is 0 Å². The fourth-order valence-corrected chi connectivity index (χ4v) is 2.43. The van der Waals surface area contributed by atoms with Gasteiger partial charge < -0.3 is 41.1 Å². The van der Waals surface area contributed by atoms with Crippen LogP contribution < -0.4 is 35.4 Å². The lowest BCUT2D eigenvalue weighted by Gasteiger charge is -2.03. The fraction of sp³-hybridized carbons (Fsp3) is 0.167. The highest BCUT2D eigenvalue weighted by molar-refractivity contribution is 5.81. The summed E-state index contributed by atoms with van der Waals surface area (Å²) in [6, 6.07) is 15.1. The average molecular weight is 404 g/mol. The quantitative estimate of drug-likeness (QED) is 0.464. The molecule has 1 heterocycles. The molecular weight excluding hydrogens is 380 g/mol. The smallest absolute Gasteiger partial charge is 0.204 e. The fourth-order valence-electron chi connectivity index (χ4n) is 2.43. The molecule has 3 rings (SSSR count). The first-order valence-electron chi connectivity index (χ1n) is 7.54. The Kier molecular flexibility index (Phi) is 12.7. The van der Waals surface area contributed by atoms with Gasteiger partial charge in [0.15, 0.2) is 5.70 Å². The second-order valence-electron chi connectivity index (χ2n) is 5.36. The minimum Gasteiger partial charge on any atom is -1.00 e. The molecule has 5 nitrogen and oxygen atoms in total. The van der Waals surface area contributed by atoms with E-state index >= 15 is 0 Å². The van der Waals surface area contributed by atoms with Crippen molar-refractivity contribution in [2.75, 3.05) is 0 Å². The second-order valence-corrected chi connectivity index (χ2v) is 5.36. The van der Waals surface area contributed by atoms with Gasteiger partial charge in [0.2, 0.25) is 5.84 Å². The van der Waals surface area contributed by atoms with Gasteiger partial charge in [-0.2, -0.15) is 0 Å². The van der Waals surface area contributed by atoms with E-state index in [0.29, 0.717) is 0 Å². The summed E-state index contributed by atoms with van der Waals surface area (Å²) in [5.74, 6) is 0.935. The first kappa shape index (κ1) is 26.4. The van der Waals surface area contributed by atoms with E-state index in [0.717, 1.165) is 24.4 Å². The van der Waals surface area contributed by atoms with Gasteiger partial charge in [-0.1, -0.05) is 19.1 Å². The van der Waals surface area contributed by atoms with Crippen LogP contribution in [0.25, 0.3) is 5.70 Å². The Bertz CT molecular complexity index is 720. The van der Waals surface area contributed by atoms with E-state index in [-0.39, 0.29) is 41.6 Å². The van der Waals surface area contributed by atoms with E-state index in [1.54, 1.807) is 0 Å². The van der Waals surface area contributed by atoms with Gasteiger partial charge in [0, 0.05) is 17.5 Å². The van der Waals surface area contributed by atoms with Crippen LogP contribution in [0.3, 0.4) is 0 Å². The number of hydrogen-bond donors (Lipinski definition) is 2. The van der Waals surface area contributed by atoms with Gasteiger partial charge in [-0.15, -0.1) is 0 Å². The monoisotopic (exact) mass is 403 g/mol. The number of nitrogens with two attached hydrogens (primary N) is 2. The Morgan fingerprint density at radius 3 is 2.12 bits per heavy atom. The molecule has 1 aliphatic heterocycles. The van der Waals surface area contributed by atoms with Gasteiger partial charge in [0.05, 0.1) is 6.20 Å². The molecule has 0 radical (unpaired) electrons. The van der Waals surface area contributed by atoms with Crippen molar-refractivity contribution in [2.45, 2.75) is 19.9 Å². The normalized spacial score (nSPS) is 11.8. The summed E-state index contributed by atoms with van der Waals surface area (Å²) in [5.41, 5.74) is 4.63. The van der Waals surface area contributed by atoms with Crippen LogP contribution in [0.2, 0.25) is 0 Å². The van der Waals surface area contributed by atoms with Crippen LogP contribution in [0.4, 0.5) is 10.1 Å². The zero-order valence-electron chi connectivity index (χ0n) is 14.3. The number of benzene rings is 2. The highest BCUT2D eigenvalue weighted by Gasteiger charge is 2.15. The first-order valence-corrected chi connectivity index (χ1v) is 7.54. The molecule has 8 heteroatoms. The number of rotatable bonds is 5. The molecule has 0 bridgehead atoms. The molecule has 0 amide bonds. The number of halogens is 3. The van der Waals surface area contributed by atoms with Crippen molar-refractivity contribution in [2.24, 2.45) is 4.99 Å². The van der Waals surface area contributed by atoms with Crippen LogP contribution in [-0.2, 0) is 6.54 Å². The summed E-state index contributed by atoms with van der Waals surface area (Å²) >= 11 is 0. The Labute approximate surface area is 164 Å². The maximum atomic E-state index is 12.9. The lowest BCUT2D eigenvalue weighted by Crippen LogP contribution is -3.00. The summed E-state index contributed by atoms with van der Waals surface area (Å²) in [6.07, 6.45) is 2.89. The Balaban J connectivity index is 0. The van der Waals surface area contributed by atoms with Crippen molar-refractivity contribution in [1.29, 1.82) is 0 Å². The zero-order chi connectivity index (χ0) is 15.4. The van der Waals surface area contributed by atoms with Crippen LogP contribution in [0, 0.1) is 5.82 Å². The number of amidine groups is 1. The first-order chi connectivity index (χ1) is 10.7. The zero-order valence-corrected chi connectivity index (χ0v) is 15.9. The molecule has 0 aliphatic carbocycles. The number of nitrogens with zero attached hydrogens (tertiary/aromatic N) is 1. The molecule has 26 heavy (non-hydrogen) atoms. The van der Waals surface area contributed by atoms with Crippen molar-refractivity contribution in [1.82, 2.24) is 0 Å². The third-order valence-corrected chi connectivity index (χ3v) is 3.78. The molecular formula is C18H24Cl2FN3O2. The van der Waals surface area contributed by atoms with Crippen LogP contribution in [0.15, 0.2) is 59.7 Å². The van der Waals surface area contributed by atoms with Gasteiger partial charge in [0.1, 0.15) is 18.0 Å². The van der Waals surface area contributed by atoms with Crippen molar-refractivity contribution in [3.8, 4) is 0 Å². The molecule has 1 aliphatic rings. The van der Waals surface area contributed by atoms with Crippen LogP contribution in [0.5, 0.6) is 0 Å². The van der Waals surface area contributed by atoms with E-state index < -0.39 is 0 Å². The maximum Gasteiger partial charge on any atom is 0.204 e. The van der Waals surface area contributed by atoms with Gasteiger partial charge in [-0.05, 0) is 36.4 Å². The van der Waals surface area contributed by atoms with Crippen LogP contribution in [0.1, 0.15) is 24.5 Å². The SMILES string of the molecule is CCC1=NC=C(c2ccc([NH2+]Cc3ccc(F)cc3)cc2)[NH2+]1.O.O.[Cl-].[Cl-]. The van der Waals surface area contributed by atoms with Gasteiger partial charge in [-0.3, -0.25) is 5.32 Å². The average Bonchev–Trinajstić information content (AvgIpc) is 3.04. The van der Waals surface area contributed by atoms with Gasteiger partial charge in [-0.25, -0.2) is 9.38 Å². The summed E-state index contributed by atoms with van der Waals surface area (Å²) in [4.78, 5) is 4.38. The molecule has 2 aromatic carbocycles. The number of hydrogen-bond acceptors (Lipinski definition) is 1. The van der Waals surface area contributed by atoms with Crippen molar-refractivity contribution in [3.63, 3.8) is 0 Å². The predicted molar refractivity (Wildman–Crippen MR) is 93.0 cm³/mol. The molecule has 2 aromatic rings. The van der Waals surface area contributed by atoms with E-state index in [1.165, 1.54) is 29.1 Å². The van der Waals surface area contributed by atoms with Gasteiger partial charge in [0.25, 0.3) is 0 Å². The Morgan fingerprint density at radius 1 is 0.962 bits per heavy atom. The summed E-state index contributed by atoms with van der Waals surface area (Å²) in [7, 11) is 0. The Morgan fingerprint density at radius 2 is 1.58 bits per heavy atom. The molecule has 0 saturated heterocycles. The topological polar surface area (TPSA) is 109 Å². The standard InChI is InChI=1S/C18H18FN3.2ClH.2H2O/c1-2-18-21-12-17(22-18)14-5-9-16(10-6-14)20-11-13-3-7-15(19)8-4-13;;;;/h3-10,12,20H,2,11H2,1H3,(H,21,22);2*1H;2*1H2. The highest BCUT2D eigenvalue weighted by Crippen LogP contribution is 2.12. The second kappa shape index (κ2) is 12.5. The van der Waals surface area contributed by atoms with E-state index in [9.17, 15) is 4.39 Å². The molecule has 0 fully saturated rings. The molecule has 0 unspecified atom stereocenters. The lowest BCUT2D eigenvalue weighted by atomic mass is 10.1. The maximum absolute atomic E-state index is 12.9. The summed E-state index contributed by atoms with van der Waals surface area (Å²) < 4.78 is 12.9. The number of aliphatic imine (C=N–C) groups is 1. The van der Waals surface area contributed by atoms with Crippen molar-refractivity contribution < 1.29 is 50.8 Å². The number of quaternary nitrogens is 2. The van der Waals surface area contributed by atoms with Crippen LogP contribution in [-0.4, -0.2) is 16.8 Å². The lowest BCUT2D eigenvalue weighted by molar-refractivity contribution is -0.588. The molecule has 0 atom stereocenters. The van der Waals surface area contributed by atoms with Gasteiger partial charge >= 0.3 is 0 Å². The van der Waals surface area contributed by atoms with Crippen molar-refractivity contribution >= 4 is 17.2 Å². The minimum atomic E-state index is -0.192. The molecule has 0 saturated carbocycles. The molecule has 0 spiro atoms. The van der Waals surface area contributed by atoms with E-state index in [1.807, 2.05) is 18.3 Å². The van der Waals surface area contributed by atoms with E-state index in [2.05, 4.69) is 46.8 Å². The Hall–Kier alpha value is -1.80.